The molecule has 0 aromatic carbocycles. The van der Waals surface area contributed by atoms with Crippen LogP contribution in [0.15, 0.2) is 0 Å². The molecule has 0 aromatic heterocycles. The number of aliphatic hydroxyl groups excluding tert-OH is 1. The summed E-state index contributed by atoms with van der Waals surface area (Å²) in [5.41, 5.74) is 0. The Bertz CT molecular complexity index is 299. The van der Waals surface area contributed by atoms with Crippen molar-refractivity contribution in [3.63, 3.8) is 0 Å². The van der Waals surface area contributed by atoms with Crippen LogP contribution >= 0.6 is 0 Å². The van der Waals surface area contributed by atoms with Gasteiger partial charge in [-0.2, -0.15) is 0 Å². The monoisotopic (exact) mass is 228 g/mol. The number of hydrogen-bond acceptors (Lipinski definition) is 4. The van der Waals surface area contributed by atoms with Gasteiger partial charge in [0, 0.05) is 20.1 Å². The van der Waals surface area contributed by atoms with Crippen molar-refractivity contribution in [3.05, 3.63) is 0 Å². The molecule has 6 nitrogen and oxygen atoms in total. The van der Waals surface area contributed by atoms with E-state index in [4.69, 9.17) is 4.74 Å². The molecule has 0 bridgehead atoms. The third kappa shape index (κ3) is 2.11. The smallest absolute Gasteiger partial charge is 0.410 e. The van der Waals surface area contributed by atoms with E-state index in [1.165, 1.54) is 4.90 Å². The molecule has 0 spiro atoms. The highest BCUT2D eigenvalue weighted by atomic mass is 16.6. The lowest BCUT2D eigenvalue weighted by molar-refractivity contribution is -0.140. The average Bonchev–Trinajstić information content (AvgIpc) is 2.59. The first-order valence-corrected chi connectivity index (χ1v) is 5.46. The summed E-state index contributed by atoms with van der Waals surface area (Å²) >= 11 is 0. The average molecular weight is 228 g/mol. The number of cyclic esters (lactones) is 1. The van der Waals surface area contributed by atoms with Crippen LogP contribution in [0.2, 0.25) is 0 Å². The van der Waals surface area contributed by atoms with Crippen molar-refractivity contribution in [1.82, 2.24) is 9.80 Å². The molecule has 90 valence electrons. The lowest BCUT2D eigenvalue weighted by Crippen LogP contribution is -2.46. The van der Waals surface area contributed by atoms with Crippen molar-refractivity contribution in [2.45, 2.75) is 25.0 Å². The van der Waals surface area contributed by atoms with Crippen LogP contribution in [-0.4, -0.2) is 65.8 Å². The van der Waals surface area contributed by atoms with Crippen LogP contribution in [0, 0.1) is 0 Å². The third-order valence-corrected chi connectivity index (χ3v) is 3.05. The van der Waals surface area contributed by atoms with Crippen LogP contribution in [0.25, 0.3) is 0 Å². The van der Waals surface area contributed by atoms with Crippen molar-refractivity contribution >= 4 is 12.0 Å². The van der Waals surface area contributed by atoms with E-state index in [1.54, 1.807) is 11.9 Å². The summed E-state index contributed by atoms with van der Waals surface area (Å²) in [5.74, 6) is -0.149. The van der Waals surface area contributed by atoms with Crippen LogP contribution in [0.5, 0.6) is 0 Å². The Hall–Kier alpha value is -1.30. The molecule has 2 fully saturated rings. The highest BCUT2D eigenvalue weighted by Gasteiger charge is 2.37. The van der Waals surface area contributed by atoms with Crippen LogP contribution in [0.4, 0.5) is 4.79 Å². The molecule has 2 aliphatic heterocycles. The van der Waals surface area contributed by atoms with E-state index in [-0.39, 0.29) is 12.0 Å². The Morgan fingerprint density at radius 3 is 2.56 bits per heavy atom. The molecule has 1 N–H and O–H groups in total. The summed E-state index contributed by atoms with van der Waals surface area (Å²) in [6, 6.07) is 0. The van der Waals surface area contributed by atoms with Gasteiger partial charge in [0.25, 0.3) is 5.91 Å². The van der Waals surface area contributed by atoms with Gasteiger partial charge in [0.15, 0.2) is 6.10 Å². The number of likely N-dealkylation sites (N-methyl/N-ethyl adjacent to an activating group) is 1. The fourth-order valence-electron chi connectivity index (χ4n) is 1.99. The number of aliphatic hydroxyl groups is 1. The Morgan fingerprint density at radius 1 is 1.44 bits per heavy atom. The molecule has 2 heterocycles. The first-order chi connectivity index (χ1) is 7.58. The molecule has 0 aromatic rings. The molecule has 2 amide bonds. The number of hydrogen-bond donors (Lipinski definition) is 1. The highest BCUT2D eigenvalue weighted by Crippen LogP contribution is 2.16. The quantitative estimate of drug-likeness (QED) is 0.652. The summed E-state index contributed by atoms with van der Waals surface area (Å²) in [4.78, 5) is 26.1. The van der Waals surface area contributed by atoms with Crippen molar-refractivity contribution in [2.75, 3.05) is 26.7 Å². The topological polar surface area (TPSA) is 70.1 Å². The summed E-state index contributed by atoms with van der Waals surface area (Å²) in [5, 5.41) is 9.33. The molecule has 2 aliphatic rings. The van der Waals surface area contributed by atoms with E-state index in [0.29, 0.717) is 32.5 Å². The number of likely N-dealkylation sites (tertiary alicyclic amines) is 1. The zero-order valence-electron chi connectivity index (χ0n) is 9.26. The first kappa shape index (κ1) is 11.2. The second-order valence-corrected chi connectivity index (χ2v) is 4.31. The number of rotatable bonds is 1. The number of ether oxygens (including phenoxy) is 1. The van der Waals surface area contributed by atoms with Crippen LogP contribution in [0.3, 0.4) is 0 Å². The predicted octanol–water partition coefficient (Wildman–Crippen LogP) is -0.580. The summed E-state index contributed by atoms with van der Waals surface area (Å²) in [6.45, 7) is 1.40. The predicted molar refractivity (Wildman–Crippen MR) is 54.7 cm³/mol. The molecule has 0 aliphatic carbocycles. The normalized spacial score (nSPS) is 27.1. The molecule has 0 radical (unpaired) electrons. The van der Waals surface area contributed by atoms with Gasteiger partial charge < -0.3 is 19.6 Å². The van der Waals surface area contributed by atoms with Crippen molar-refractivity contribution in [1.29, 1.82) is 0 Å². The van der Waals surface area contributed by atoms with Gasteiger partial charge in [-0.3, -0.25) is 4.79 Å². The molecule has 2 saturated heterocycles. The lowest BCUT2D eigenvalue weighted by Gasteiger charge is -2.30. The third-order valence-electron chi connectivity index (χ3n) is 3.05. The minimum Gasteiger partial charge on any atom is -0.434 e. The Morgan fingerprint density at radius 2 is 2.06 bits per heavy atom. The van der Waals surface area contributed by atoms with Gasteiger partial charge in [0.05, 0.1) is 12.6 Å². The number of piperidine rings is 1. The fraction of sp³-hybridized carbons (Fsp3) is 0.800. The minimum atomic E-state index is -0.673. The maximum absolute atomic E-state index is 11.9. The SMILES string of the molecule is CN1C[C@@H](C(=O)N2CCC(O)CC2)OC1=O. The second kappa shape index (κ2) is 4.29. The number of carbonyl (C=O) groups excluding carboxylic acids is 2. The van der Waals surface area contributed by atoms with Crippen molar-refractivity contribution in [2.24, 2.45) is 0 Å². The van der Waals surface area contributed by atoms with Gasteiger partial charge in [0.1, 0.15) is 0 Å². The maximum Gasteiger partial charge on any atom is 0.410 e. The zero-order chi connectivity index (χ0) is 11.7. The minimum absolute atomic E-state index is 0.149. The fourth-order valence-corrected chi connectivity index (χ4v) is 1.99. The van der Waals surface area contributed by atoms with Gasteiger partial charge in [-0.1, -0.05) is 0 Å². The highest BCUT2D eigenvalue weighted by molar-refractivity contribution is 5.86. The van der Waals surface area contributed by atoms with E-state index in [9.17, 15) is 14.7 Å². The van der Waals surface area contributed by atoms with Gasteiger partial charge in [-0.25, -0.2) is 4.79 Å². The van der Waals surface area contributed by atoms with Gasteiger partial charge in [-0.15, -0.1) is 0 Å². The Balaban J connectivity index is 1.91. The van der Waals surface area contributed by atoms with Crippen LogP contribution < -0.4 is 0 Å². The van der Waals surface area contributed by atoms with Crippen molar-refractivity contribution in [3.8, 4) is 0 Å². The standard InChI is InChI=1S/C10H16N2O4/c1-11-6-8(16-10(11)15)9(14)12-4-2-7(13)3-5-12/h7-8,13H,2-6H2,1H3/t8-/m0/s1. The van der Waals surface area contributed by atoms with Gasteiger partial charge >= 0.3 is 6.09 Å². The number of nitrogens with zero attached hydrogens (tertiary/aromatic N) is 2. The maximum atomic E-state index is 11.9. The molecular weight excluding hydrogens is 212 g/mol. The second-order valence-electron chi connectivity index (χ2n) is 4.31. The van der Waals surface area contributed by atoms with Crippen LogP contribution in [0.1, 0.15) is 12.8 Å². The largest absolute Gasteiger partial charge is 0.434 e. The van der Waals surface area contributed by atoms with Crippen LogP contribution in [-0.2, 0) is 9.53 Å². The molecule has 1 atom stereocenters. The molecule has 0 unspecified atom stereocenters. The summed E-state index contributed by atoms with van der Waals surface area (Å²) in [6.07, 6.45) is -0.231. The van der Waals surface area contributed by atoms with E-state index in [0.717, 1.165) is 0 Å². The van der Waals surface area contributed by atoms with Crippen molar-refractivity contribution < 1.29 is 19.4 Å². The summed E-state index contributed by atoms with van der Waals surface area (Å²) < 4.78 is 4.95. The van der Waals surface area contributed by atoms with E-state index >= 15 is 0 Å². The van der Waals surface area contributed by atoms with E-state index in [1.807, 2.05) is 0 Å². The Kier molecular flexibility index (Phi) is 3.00. The van der Waals surface area contributed by atoms with E-state index < -0.39 is 12.2 Å². The number of carbonyl (C=O) groups is 2. The summed E-state index contributed by atoms with van der Waals surface area (Å²) in [7, 11) is 1.61. The molecular formula is C10H16N2O4. The first-order valence-electron chi connectivity index (χ1n) is 5.46. The van der Waals surface area contributed by atoms with E-state index in [2.05, 4.69) is 0 Å². The zero-order valence-corrected chi connectivity index (χ0v) is 9.26. The number of amides is 2. The molecule has 6 heteroatoms. The van der Waals surface area contributed by atoms with Gasteiger partial charge in [0.2, 0.25) is 0 Å². The molecule has 0 saturated carbocycles. The molecule has 16 heavy (non-hydrogen) atoms. The Labute approximate surface area is 93.8 Å². The van der Waals surface area contributed by atoms with Gasteiger partial charge in [-0.05, 0) is 12.8 Å². The lowest BCUT2D eigenvalue weighted by atomic mass is 10.1. The molecule has 2 rings (SSSR count).